The van der Waals surface area contributed by atoms with E-state index in [2.05, 4.69) is 5.32 Å². The molecule has 1 fully saturated rings. The fourth-order valence-corrected chi connectivity index (χ4v) is 2.48. The first-order chi connectivity index (χ1) is 8.55. The summed E-state index contributed by atoms with van der Waals surface area (Å²) in [5.74, 6) is 0.697. The molecule has 0 spiro atoms. The van der Waals surface area contributed by atoms with Crippen LogP contribution in [0.2, 0.25) is 0 Å². The second kappa shape index (κ2) is 4.88. The van der Waals surface area contributed by atoms with Crippen molar-refractivity contribution in [2.45, 2.75) is 32.6 Å². The van der Waals surface area contributed by atoms with Crippen LogP contribution in [-0.2, 0) is 4.79 Å². The van der Waals surface area contributed by atoms with Crippen LogP contribution in [0.25, 0.3) is 0 Å². The number of ether oxygens (including phenoxy) is 1. The van der Waals surface area contributed by atoms with Crippen LogP contribution in [0.4, 0.5) is 11.4 Å². The molecule has 4 nitrogen and oxygen atoms in total. The van der Waals surface area contributed by atoms with Gasteiger partial charge in [-0.2, -0.15) is 0 Å². The number of methoxy groups -OCH3 is 1. The zero-order valence-electron chi connectivity index (χ0n) is 11.0. The van der Waals surface area contributed by atoms with Crippen molar-refractivity contribution in [3.63, 3.8) is 0 Å². The molecule has 1 saturated carbocycles. The normalized spacial score (nSPS) is 17.4. The van der Waals surface area contributed by atoms with E-state index in [9.17, 15) is 4.79 Å². The largest absolute Gasteiger partial charge is 0.495 e. The summed E-state index contributed by atoms with van der Waals surface area (Å²) in [6.07, 6.45) is 4.14. The fourth-order valence-electron chi connectivity index (χ4n) is 2.48. The molecule has 0 heterocycles. The second-order valence-electron chi connectivity index (χ2n) is 5.18. The van der Waals surface area contributed by atoms with Crippen molar-refractivity contribution in [1.29, 1.82) is 0 Å². The van der Waals surface area contributed by atoms with Crippen molar-refractivity contribution in [2.75, 3.05) is 18.2 Å². The van der Waals surface area contributed by atoms with Crippen LogP contribution in [-0.4, -0.2) is 13.0 Å². The highest BCUT2D eigenvalue weighted by Crippen LogP contribution is 2.39. The summed E-state index contributed by atoms with van der Waals surface area (Å²) in [7, 11) is 1.58. The Morgan fingerprint density at radius 2 is 2.06 bits per heavy atom. The summed E-state index contributed by atoms with van der Waals surface area (Å²) in [5, 5.41) is 2.94. The Kier molecular flexibility index (Phi) is 3.45. The number of carbonyl (C=O) groups excluding carboxylic acids is 1. The third kappa shape index (κ3) is 2.42. The summed E-state index contributed by atoms with van der Waals surface area (Å²) < 4.78 is 5.23. The topological polar surface area (TPSA) is 64.3 Å². The van der Waals surface area contributed by atoms with E-state index in [0.717, 1.165) is 25.7 Å². The summed E-state index contributed by atoms with van der Waals surface area (Å²) in [5.41, 5.74) is 6.75. The number of anilines is 2. The van der Waals surface area contributed by atoms with E-state index in [4.69, 9.17) is 10.5 Å². The van der Waals surface area contributed by atoms with E-state index in [0.29, 0.717) is 17.1 Å². The average molecular weight is 248 g/mol. The predicted octanol–water partition coefficient (Wildman–Crippen LogP) is 2.80. The maximum absolute atomic E-state index is 12.3. The lowest BCUT2D eigenvalue weighted by molar-refractivity contribution is -0.124. The highest BCUT2D eigenvalue weighted by atomic mass is 16.5. The van der Waals surface area contributed by atoms with Crippen LogP contribution in [0.5, 0.6) is 5.75 Å². The second-order valence-corrected chi connectivity index (χ2v) is 5.18. The molecule has 0 unspecified atom stereocenters. The zero-order valence-corrected chi connectivity index (χ0v) is 11.0. The van der Waals surface area contributed by atoms with Gasteiger partial charge in [0.1, 0.15) is 5.75 Å². The molecule has 1 aliphatic rings. The van der Waals surface area contributed by atoms with Gasteiger partial charge in [0.2, 0.25) is 5.91 Å². The van der Waals surface area contributed by atoms with Crippen LogP contribution in [0.1, 0.15) is 32.6 Å². The molecule has 3 N–H and O–H groups in total. The molecule has 1 aromatic carbocycles. The Morgan fingerprint density at radius 3 is 2.67 bits per heavy atom. The highest BCUT2D eigenvalue weighted by Gasteiger charge is 2.36. The number of hydrogen-bond acceptors (Lipinski definition) is 3. The van der Waals surface area contributed by atoms with E-state index in [1.807, 2.05) is 6.92 Å². The Bertz CT molecular complexity index is 451. The minimum absolute atomic E-state index is 0.0592. The number of amides is 1. The average Bonchev–Trinajstić information content (AvgIpc) is 2.78. The number of nitrogens with two attached hydrogens (primary N) is 1. The summed E-state index contributed by atoms with van der Waals surface area (Å²) >= 11 is 0. The monoisotopic (exact) mass is 248 g/mol. The van der Waals surface area contributed by atoms with Gasteiger partial charge in [-0.1, -0.05) is 19.8 Å². The van der Waals surface area contributed by atoms with Crippen LogP contribution in [0.3, 0.4) is 0 Å². The Hall–Kier alpha value is -1.71. The molecule has 1 amide bonds. The molecule has 4 heteroatoms. The SMILES string of the molecule is COc1ccc(N)cc1NC(=O)C1(C)CCCC1. The third-order valence-electron chi connectivity index (χ3n) is 3.73. The number of nitrogen functional groups attached to an aromatic ring is 1. The lowest BCUT2D eigenvalue weighted by Gasteiger charge is -2.23. The summed E-state index contributed by atoms with van der Waals surface area (Å²) in [4.78, 5) is 12.3. The van der Waals surface area contributed by atoms with Crippen molar-refractivity contribution >= 4 is 17.3 Å². The molecule has 1 aliphatic carbocycles. The molecule has 0 bridgehead atoms. The molecule has 0 atom stereocenters. The minimum atomic E-state index is -0.254. The lowest BCUT2D eigenvalue weighted by atomic mass is 9.88. The lowest BCUT2D eigenvalue weighted by Crippen LogP contribution is -2.30. The number of benzene rings is 1. The zero-order chi connectivity index (χ0) is 13.2. The summed E-state index contributed by atoms with van der Waals surface area (Å²) in [6.45, 7) is 2.02. The van der Waals surface area contributed by atoms with Crippen molar-refractivity contribution in [1.82, 2.24) is 0 Å². The number of nitrogens with one attached hydrogen (secondary N) is 1. The van der Waals surface area contributed by atoms with Gasteiger partial charge in [-0.3, -0.25) is 4.79 Å². The standard InChI is InChI=1S/C14H20N2O2/c1-14(7-3-4-8-14)13(17)16-11-9-10(15)5-6-12(11)18-2/h5-6,9H,3-4,7-8,15H2,1-2H3,(H,16,17). The molecule has 98 valence electrons. The third-order valence-corrected chi connectivity index (χ3v) is 3.73. The quantitative estimate of drug-likeness (QED) is 0.808. The molecular weight excluding hydrogens is 228 g/mol. The van der Waals surface area contributed by atoms with E-state index < -0.39 is 0 Å². The van der Waals surface area contributed by atoms with E-state index in [-0.39, 0.29) is 11.3 Å². The highest BCUT2D eigenvalue weighted by molar-refractivity contribution is 5.96. The van der Waals surface area contributed by atoms with Crippen molar-refractivity contribution < 1.29 is 9.53 Å². The number of hydrogen-bond donors (Lipinski definition) is 2. The first kappa shape index (κ1) is 12.7. The van der Waals surface area contributed by atoms with Crippen LogP contribution >= 0.6 is 0 Å². The van der Waals surface area contributed by atoms with Crippen LogP contribution in [0.15, 0.2) is 18.2 Å². The van der Waals surface area contributed by atoms with Crippen molar-refractivity contribution in [3.05, 3.63) is 18.2 Å². The maximum atomic E-state index is 12.3. The van der Waals surface area contributed by atoms with Gasteiger partial charge in [0.25, 0.3) is 0 Å². The molecule has 0 aromatic heterocycles. The maximum Gasteiger partial charge on any atom is 0.230 e. The first-order valence-electron chi connectivity index (χ1n) is 6.30. The van der Waals surface area contributed by atoms with Gasteiger partial charge in [-0.15, -0.1) is 0 Å². The van der Waals surface area contributed by atoms with Gasteiger partial charge in [0, 0.05) is 11.1 Å². The Balaban J connectivity index is 2.18. The molecule has 0 radical (unpaired) electrons. The Labute approximate surface area is 108 Å². The Morgan fingerprint density at radius 1 is 1.39 bits per heavy atom. The van der Waals surface area contributed by atoms with Crippen LogP contribution in [0, 0.1) is 5.41 Å². The molecule has 0 aliphatic heterocycles. The molecular formula is C14H20N2O2. The van der Waals surface area contributed by atoms with E-state index >= 15 is 0 Å². The number of rotatable bonds is 3. The van der Waals surface area contributed by atoms with E-state index in [1.54, 1.807) is 25.3 Å². The van der Waals surface area contributed by atoms with Gasteiger partial charge in [0.15, 0.2) is 0 Å². The minimum Gasteiger partial charge on any atom is -0.495 e. The molecule has 18 heavy (non-hydrogen) atoms. The van der Waals surface area contributed by atoms with Gasteiger partial charge in [0.05, 0.1) is 12.8 Å². The van der Waals surface area contributed by atoms with Gasteiger partial charge in [-0.25, -0.2) is 0 Å². The molecule has 0 saturated heterocycles. The molecule has 2 rings (SSSR count). The smallest absolute Gasteiger partial charge is 0.230 e. The molecule has 1 aromatic rings. The van der Waals surface area contributed by atoms with Gasteiger partial charge < -0.3 is 15.8 Å². The fraction of sp³-hybridized carbons (Fsp3) is 0.500. The number of carbonyl (C=O) groups is 1. The van der Waals surface area contributed by atoms with Crippen molar-refractivity contribution in [2.24, 2.45) is 5.41 Å². The first-order valence-corrected chi connectivity index (χ1v) is 6.30. The van der Waals surface area contributed by atoms with Gasteiger partial charge in [-0.05, 0) is 31.0 Å². The summed E-state index contributed by atoms with van der Waals surface area (Å²) in [6, 6.07) is 5.25. The van der Waals surface area contributed by atoms with Gasteiger partial charge >= 0.3 is 0 Å². The predicted molar refractivity (Wildman–Crippen MR) is 72.6 cm³/mol. The van der Waals surface area contributed by atoms with Crippen LogP contribution < -0.4 is 15.8 Å². The van der Waals surface area contributed by atoms with E-state index in [1.165, 1.54) is 0 Å². The van der Waals surface area contributed by atoms with Crippen molar-refractivity contribution in [3.8, 4) is 5.75 Å².